The summed E-state index contributed by atoms with van der Waals surface area (Å²) in [7, 11) is 0. The minimum atomic E-state index is -3.19. The number of nitrogens with two attached hydrogens (primary N) is 1. The van der Waals surface area contributed by atoms with Crippen molar-refractivity contribution in [3.63, 3.8) is 0 Å². The fourth-order valence-corrected chi connectivity index (χ4v) is 1.93. The average Bonchev–Trinajstić information content (AvgIpc) is 2.70. The van der Waals surface area contributed by atoms with E-state index in [0.29, 0.717) is 5.69 Å². The summed E-state index contributed by atoms with van der Waals surface area (Å²) in [6.45, 7) is -4.29. The Morgan fingerprint density at radius 2 is 2.00 bits per heavy atom. The lowest BCUT2D eigenvalue weighted by molar-refractivity contribution is -0.0521. The van der Waals surface area contributed by atoms with Crippen molar-refractivity contribution in [1.29, 1.82) is 0 Å². The maximum atomic E-state index is 13.4. The molecule has 0 radical (unpaired) electrons. The normalized spacial score (nSPS) is 12.2. The van der Waals surface area contributed by atoms with Gasteiger partial charge < -0.3 is 20.1 Å². The van der Waals surface area contributed by atoms with E-state index in [1.807, 2.05) is 0 Å². The number of ether oxygens (including phenoxy) is 3. The number of hydrogen-bond acceptors (Lipinski definition) is 8. The first-order chi connectivity index (χ1) is 14.4. The van der Waals surface area contributed by atoms with Crippen LogP contribution in [0.25, 0.3) is 0 Å². The number of hydrazone groups is 1. The number of aliphatic imine (C=N–C) groups is 1. The minimum Gasteiger partial charge on any atom is -0.457 e. The van der Waals surface area contributed by atoms with Crippen LogP contribution in [0.4, 0.5) is 27.6 Å². The molecule has 0 unspecified atom stereocenters. The fraction of sp³-hybridized carbons (Fsp3) is 0.294. The van der Waals surface area contributed by atoms with Crippen LogP contribution in [0.2, 0.25) is 0 Å². The van der Waals surface area contributed by atoms with E-state index in [9.17, 15) is 22.0 Å². The maximum absolute atomic E-state index is 13.4. The van der Waals surface area contributed by atoms with Crippen LogP contribution in [0.5, 0.6) is 11.8 Å². The van der Waals surface area contributed by atoms with Gasteiger partial charge in [-0.15, -0.1) is 0 Å². The van der Waals surface area contributed by atoms with Gasteiger partial charge in [0.15, 0.2) is 11.6 Å². The van der Waals surface area contributed by atoms with E-state index in [1.54, 1.807) is 0 Å². The second-order valence-corrected chi connectivity index (χ2v) is 5.40. The summed E-state index contributed by atoms with van der Waals surface area (Å²) >= 11 is 0. The Labute approximate surface area is 167 Å². The molecule has 0 saturated carbocycles. The van der Waals surface area contributed by atoms with Gasteiger partial charge in [0.25, 0.3) is 6.43 Å². The highest BCUT2D eigenvalue weighted by atomic mass is 19.3. The van der Waals surface area contributed by atoms with E-state index in [4.69, 9.17) is 15.3 Å². The zero-order valence-electron chi connectivity index (χ0n) is 15.2. The molecule has 0 aliphatic rings. The van der Waals surface area contributed by atoms with Gasteiger partial charge in [-0.1, -0.05) is 0 Å². The van der Waals surface area contributed by atoms with Crippen molar-refractivity contribution >= 4 is 17.6 Å². The molecule has 0 aliphatic heterocycles. The molecule has 0 atom stereocenters. The molecule has 1 aromatic carbocycles. The van der Waals surface area contributed by atoms with E-state index in [1.165, 1.54) is 18.3 Å². The van der Waals surface area contributed by atoms with Crippen molar-refractivity contribution in [3.8, 4) is 11.8 Å². The molecule has 0 amide bonds. The molecular weight excluding hydrogens is 417 g/mol. The Hall–Kier alpha value is -3.35. The molecule has 0 aliphatic carbocycles. The Kier molecular flexibility index (Phi) is 8.87. The SMILES string of the molecule is NN=C(C=Nc1ccc(F)c(OC(F)F)c1)COc1nccc(COCC(F)F)n1. The third-order valence-corrected chi connectivity index (χ3v) is 3.19. The van der Waals surface area contributed by atoms with Crippen molar-refractivity contribution in [2.75, 3.05) is 13.2 Å². The molecule has 1 aromatic heterocycles. The van der Waals surface area contributed by atoms with Gasteiger partial charge in [0.1, 0.15) is 18.9 Å². The van der Waals surface area contributed by atoms with Crippen LogP contribution >= 0.6 is 0 Å². The first-order valence-electron chi connectivity index (χ1n) is 8.23. The third-order valence-electron chi connectivity index (χ3n) is 3.19. The van der Waals surface area contributed by atoms with Crippen molar-refractivity contribution < 1.29 is 36.2 Å². The Morgan fingerprint density at radius 3 is 2.70 bits per heavy atom. The highest BCUT2D eigenvalue weighted by molar-refractivity contribution is 6.31. The van der Waals surface area contributed by atoms with E-state index in [0.717, 1.165) is 18.3 Å². The smallest absolute Gasteiger partial charge is 0.387 e. The summed E-state index contributed by atoms with van der Waals surface area (Å²) in [6.07, 6.45) is -0.0845. The number of halogens is 5. The number of rotatable bonds is 11. The Bertz CT molecular complexity index is 883. The van der Waals surface area contributed by atoms with Gasteiger partial charge in [0.05, 0.1) is 24.2 Å². The lowest BCUT2D eigenvalue weighted by Gasteiger charge is -2.07. The highest BCUT2D eigenvalue weighted by Crippen LogP contribution is 2.25. The maximum Gasteiger partial charge on any atom is 0.387 e. The van der Waals surface area contributed by atoms with Crippen molar-refractivity contribution in [1.82, 2.24) is 9.97 Å². The zero-order valence-corrected chi connectivity index (χ0v) is 15.2. The van der Waals surface area contributed by atoms with E-state index in [2.05, 4.69) is 24.8 Å². The van der Waals surface area contributed by atoms with Crippen molar-refractivity contribution in [3.05, 3.63) is 42.0 Å². The summed E-state index contributed by atoms with van der Waals surface area (Å²) in [5, 5.41) is 3.45. The number of alkyl halides is 4. The van der Waals surface area contributed by atoms with Gasteiger partial charge in [-0.2, -0.15) is 18.9 Å². The molecule has 0 spiro atoms. The monoisotopic (exact) mass is 433 g/mol. The summed E-state index contributed by atoms with van der Waals surface area (Å²) in [6, 6.07) is 4.49. The van der Waals surface area contributed by atoms with Crippen LogP contribution in [-0.2, 0) is 11.3 Å². The highest BCUT2D eigenvalue weighted by Gasteiger charge is 2.10. The summed E-state index contributed by atoms with van der Waals surface area (Å²) in [5.74, 6) is 3.61. The average molecular weight is 433 g/mol. The van der Waals surface area contributed by atoms with Gasteiger partial charge in [-0.3, -0.25) is 4.99 Å². The minimum absolute atomic E-state index is 0.0860. The Morgan fingerprint density at radius 1 is 1.20 bits per heavy atom. The second kappa shape index (κ2) is 11.6. The topological polar surface area (TPSA) is 104 Å². The van der Waals surface area contributed by atoms with Crippen LogP contribution in [0.1, 0.15) is 5.69 Å². The molecule has 30 heavy (non-hydrogen) atoms. The molecule has 162 valence electrons. The van der Waals surface area contributed by atoms with Gasteiger partial charge in [0, 0.05) is 12.3 Å². The Balaban J connectivity index is 1.95. The predicted molar refractivity (Wildman–Crippen MR) is 96.0 cm³/mol. The molecule has 0 fully saturated rings. The molecule has 0 saturated heterocycles. The van der Waals surface area contributed by atoms with Gasteiger partial charge in [-0.25, -0.2) is 18.2 Å². The lowest BCUT2D eigenvalue weighted by atomic mass is 10.3. The molecule has 2 aromatic rings. The van der Waals surface area contributed by atoms with E-state index < -0.39 is 31.2 Å². The van der Waals surface area contributed by atoms with Gasteiger partial charge in [-0.05, 0) is 18.2 Å². The van der Waals surface area contributed by atoms with E-state index >= 15 is 0 Å². The third kappa shape index (κ3) is 7.95. The predicted octanol–water partition coefficient (Wildman–Crippen LogP) is 3.09. The molecule has 13 heteroatoms. The van der Waals surface area contributed by atoms with Crippen LogP contribution < -0.4 is 15.3 Å². The summed E-state index contributed by atoms with van der Waals surface area (Å²) in [5.41, 5.74) is 0.527. The molecule has 2 N–H and O–H groups in total. The lowest BCUT2D eigenvalue weighted by Crippen LogP contribution is -2.16. The molecular formula is C17H16F5N5O3. The zero-order chi connectivity index (χ0) is 21.9. The largest absolute Gasteiger partial charge is 0.457 e. The molecule has 2 rings (SSSR count). The van der Waals surface area contributed by atoms with Crippen LogP contribution in [0, 0.1) is 5.82 Å². The van der Waals surface area contributed by atoms with Crippen LogP contribution in [-0.4, -0.2) is 48.1 Å². The fourth-order valence-electron chi connectivity index (χ4n) is 1.93. The standard InChI is InChI=1S/C17H16F5N5O3/c18-13-2-1-10(5-14(13)30-16(21)22)25-6-12(27-23)8-29-17-24-4-3-11(26-17)7-28-9-15(19)20/h1-6,15-16H,7-9,23H2. The number of benzene rings is 1. The van der Waals surface area contributed by atoms with E-state index in [-0.39, 0.29) is 30.6 Å². The quantitative estimate of drug-likeness (QED) is 0.253. The van der Waals surface area contributed by atoms with Crippen LogP contribution in [0.15, 0.2) is 40.6 Å². The van der Waals surface area contributed by atoms with Gasteiger partial charge in [0.2, 0.25) is 0 Å². The number of nitrogens with zero attached hydrogens (tertiary/aromatic N) is 4. The summed E-state index contributed by atoms with van der Waals surface area (Å²) < 4.78 is 76.2. The molecule has 0 bridgehead atoms. The van der Waals surface area contributed by atoms with Gasteiger partial charge >= 0.3 is 12.6 Å². The number of hydrogen-bond donors (Lipinski definition) is 1. The van der Waals surface area contributed by atoms with Crippen molar-refractivity contribution in [2.45, 2.75) is 19.6 Å². The molecule has 1 heterocycles. The number of aromatic nitrogens is 2. The first-order valence-corrected chi connectivity index (χ1v) is 8.23. The second-order valence-electron chi connectivity index (χ2n) is 5.40. The van der Waals surface area contributed by atoms with Crippen molar-refractivity contribution in [2.24, 2.45) is 15.9 Å². The van der Waals surface area contributed by atoms with Crippen LogP contribution in [0.3, 0.4) is 0 Å². The summed E-state index contributed by atoms with van der Waals surface area (Å²) in [4.78, 5) is 11.8. The molecule has 8 nitrogen and oxygen atoms in total. The first kappa shape index (κ1) is 22.9.